The van der Waals surface area contributed by atoms with Crippen LogP contribution in [0.5, 0.6) is 0 Å². The van der Waals surface area contributed by atoms with Crippen molar-refractivity contribution in [1.82, 2.24) is 4.57 Å². The van der Waals surface area contributed by atoms with E-state index in [1.807, 2.05) is 24.3 Å². The molecule has 1 aromatic heterocycles. The van der Waals surface area contributed by atoms with Gasteiger partial charge in [0, 0.05) is 21.6 Å². The first-order valence-corrected chi connectivity index (χ1v) is 5.89. The third-order valence-corrected chi connectivity index (χ3v) is 3.17. The van der Waals surface area contributed by atoms with Gasteiger partial charge in [-0.15, -0.1) is 0 Å². The number of hydrogen-bond donors (Lipinski definition) is 2. The van der Waals surface area contributed by atoms with E-state index >= 15 is 0 Å². The maximum Gasteiger partial charge on any atom is 0.337 e. The van der Waals surface area contributed by atoms with Crippen LogP contribution in [0, 0.1) is 0 Å². The minimum Gasteiger partial charge on any atom is -0.479 e. The highest BCUT2D eigenvalue weighted by atomic mass is 79.9. The number of aliphatic carboxylic acids is 1. The minimum atomic E-state index is -1.76. The summed E-state index contributed by atoms with van der Waals surface area (Å²) in [6.45, 7) is 1.31. The number of fused-ring (bicyclic) bond motifs is 1. The van der Waals surface area contributed by atoms with Gasteiger partial charge in [-0.05, 0) is 31.2 Å². The number of nitrogens with zero attached hydrogens (tertiary/aromatic N) is 1. The number of carbonyl (C=O) groups is 1. The zero-order chi connectivity index (χ0) is 12.6. The Bertz CT molecular complexity index is 574. The quantitative estimate of drug-likeness (QED) is 0.913. The Kier molecular flexibility index (Phi) is 2.97. The summed E-state index contributed by atoms with van der Waals surface area (Å²) in [5.41, 5.74) is -0.867. The number of benzene rings is 1. The van der Waals surface area contributed by atoms with Crippen molar-refractivity contribution in [2.45, 2.75) is 19.1 Å². The molecule has 5 heteroatoms. The van der Waals surface area contributed by atoms with Crippen LogP contribution in [-0.2, 0) is 11.3 Å². The van der Waals surface area contributed by atoms with E-state index in [4.69, 9.17) is 5.11 Å². The highest BCUT2D eigenvalue weighted by Gasteiger charge is 2.30. The van der Waals surface area contributed by atoms with Crippen LogP contribution in [0.25, 0.3) is 10.9 Å². The Balaban J connectivity index is 2.41. The van der Waals surface area contributed by atoms with Gasteiger partial charge in [0.05, 0.1) is 6.54 Å². The molecule has 1 aromatic carbocycles. The van der Waals surface area contributed by atoms with Crippen LogP contribution in [0.2, 0.25) is 0 Å². The second kappa shape index (κ2) is 4.16. The second-order valence-electron chi connectivity index (χ2n) is 4.23. The normalized spacial score (nSPS) is 14.8. The van der Waals surface area contributed by atoms with Crippen molar-refractivity contribution in [2.75, 3.05) is 0 Å². The molecule has 1 heterocycles. The molecule has 0 bridgehead atoms. The van der Waals surface area contributed by atoms with Crippen LogP contribution >= 0.6 is 15.9 Å². The summed E-state index contributed by atoms with van der Waals surface area (Å²) in [6, 6.07) is 7.60. The molecular formula is C12H12BrNO3. The van der Waals surface area contributed by atoms with Crippen LogP contribution in [0.4, 0.5) is 0 Å². The van der Waals surface area contributed by atoms with Crippen molar-refractivity contribution >= 4 is 32.8 Å². The van der Waals surface area contributed by atoms with Gasteiger partial charge in [0.2, 0.25) is 0 Å². The first-order valence-electron chi connectivity index (χ1n) is 5.10. The molecule has 4 nitrogen and oxygen atoms in total. The minimum absolute atomic E-state index is 0.0213. The molecule has 0 aliphatic rings. The molecule has 0 spiro atoms. The molecule has 1 atom stereocenters. The summed E-state index contributed by atoms with van der Waals surface area (Å²) in [4.78, 5) is 10.9. The molecular weight excluding hydrogens is 286 g/mol. The number of carboxylic acids is 1. The van der Waals surface area contributed by atoms with E-state index in [9.17, 15) is 9.90 Å². The third-order valence-electron chi connectivity index (χ3n) is 2.67. The molecule has 2 aromatic rings. The lowest BCUT2D eigenvalue weighted by Gasteiger charge is -2.19. The van der Waals surface area contributed by atoms with Gasteiger partial charge in [-0.1, -0.05) is 15.9 Å². The third kappa shape index (κ3) is 2.35. The van der Waals surface area contributed by atoms with Gasteiger partial charge in [0.15, 0.2) is 5.60 Å². The maximum atomic E-state index is 10.9. The average Bonchev–Trinajstić information content (AvgIpc) is 2.60. The molecule has 0 aliphatic heterocycles. The Labute approximate surface area is 107 Å². The number of hydrogen-bond acceptors (Lipinski definition) is 2. The fraction of sp³-hybridized carbons (Fsp3) is 0.250. The highest BCUT2D eigenvalue weighted by molar-refractivity contribution is 9.10. The fourth-order valence-corrected chi connectivity index (χ4v) is 2.09. The van der Waals surface area contributed by atoms with Crippen molar-refractivity contribution in [3.63, 3.8) is 0 Å². The van der Waals surface area contributed by atoms with E-state index in [1.54, 1.807) is 10.8 Å². The summed E-state index contributed by atoms with van der Waals surface area (Å²) in [5.74, 6) is -1.23. The van der Waals surface area contributed by atoms with Crippen LogP contribution in [0.1, 0.15) is 6.92 Å². The number of aromatic nitrogens is 1. The number of halogens is 1. The van der Waals surface area contributed by atoms with E-state index < -0.39 is 11.6 Å². The van der Waals surface area contributed by atoms with Gasteiger partial charge in [0.25, 0.3) is 0 Å². The predicted octanol–water partition coefficient (Wildman–Crippen LogP) is 2.24. The van der Waals surface area contributed by atoms with Crippen LogP contribution in [0.15, 0.2) is 34.9 Å². The van der Waals surface area contributed by atoms with Gasteiger partial charge < -0.3 is 14.8 Å². The van der Waals surface area contributed by atoms with Crippen LogP contribution in [0.3, 0.4) is 0 Å². The molecule has 17 heavy (non-hydrogen) atoms. The Morgan fingerprint density at radius 1 is 1.47 bits per heavy atom. The van der Waals surface area contributed by atoms with Gasteiger partial charge in [0.1, 0.15) is 0 Å². The highest BCUT2D eigenvalue weighted by Crippen LogP contribution is 2.22. The van der Waals surface area contributed by atoms with E-state index in [0.717, 1.165) is 15.4 Å². The molecule has 90 valence electrons. The van der Waals surface area contributed by atoms with Gasteiger partial charge >= 0.3 is 5.97 Å². The predicted molar refractivity (Wildman–Crippen MR) is 67.9 cm³/mol. The van der Waals surface area contributed by atoms with Crippen LogP contribution < -0.4 is 0 Å². The molecule has 0 fully saturated rings. The average molecular weight is 298 g/mol. The summed E-state index contributed by atoms with van der Waals surface area (Å²) < 4.78 is 2.70. The van der Waals surface area contributed by atoms with E-state index in [0.29, 0.717) is 0 Å². The SMILES string of the molecule is CC(O)(Cn1ccc2cc(Br)ccc21)C(=O)O. The number of carboxylic acid groups (broad SMARTS) is 1. The van der Waals surface area contributed by atoms with Crippen molar-refractivity contribution in [3.05, 3.63) is 34.9 Å². The van der Waals surface area contributed by atoms with Crippen molar-refractivity contribution in [3.8, 4) is 0 Å². The van der Waals surface area contributed by atoms with E-state index in [1.165, 1.54) is 6.92 Å². The summed E-state index contributed by atoms with van der Waals surface area (Å²) in [7, 11) is 0. The topological polar surface area (TPSA) is 62.5 Å². The molecule has 2 N–H and O–H groups in total. The van der Waals surface area contributed by atoms with Gasteiger partial charge in [-0.2, -0.15) is 0 Å². The Morgan fingerprint density at radius 2 is 2.18 bits per heavy atom. The Morgan fingerprint density at radius 3 is 2.82 bits per heavy atom. The Hall–Kier alpha value is -1.33. The molecule has 2 rings (SSSR count). The smallest absolute Gasteiger partial charge is 0.337 e. The van der Waals surface area contributed by atoms with E-state index in [-0.39, 0.29) is 6.54 Å². The molecule has 1 unspecified atom stereocenters. The van der Waals surface area contributed by atoms with Gasteiger partial charge in [-0.25, -0.2) is 4.79 Å². The first-order chi connectivity index (χ1) is 7.90. The largest absolute Gasteiger partial charge is 0.479 e. The summed E-state index contributed by atoms with van der Waals surface area (Å²) in [6.07, 6.45) is 1.77. The van der Waals surface area contributed by atoms with Crippen LogP contribution in [-0.4, -0.2) is 26.4 Å². The summed E-state index contributed by atoms with van der Waals surface area (Å²) in [5, 5.41) is 19.6. The number of rotatable bonds is 3. The lowest BCUT2D eigenvalue weighted by atomic mass is 10.1. The lowest BCUT2D eigenvalue weighted by Crippen LogP contribution is -2.39. The van der Waals surface area contributed by atoms with Crippen molar-refractivity contribution in [2.24, 2.45) is 0 Å². The molecule has 0 aliphatic carbocycles. The summed E-state index contributed by atoms with van der Waals surface area (Å²) >= 11 is 3.37. The van der Waals surface area contributed by atoms with Gasteiger partial charge in [-0.3, -0.25) is 0 Å². The maximum absolute atomic E-state index is 10.9. The fourth-order valence-electron chi connectivity index (χ4n) is 1.71. The monoisotopic (exact) mass is 297 g/mol. The second-order valence-corrected chi connectivity index (χ2v) is 5.14. The molecule has 0 saturated heterocycles. The van der Waals surface area contributed by atoms with E-state index in [2.05, 4.69) is 15.9 Å². The van der Waals surface area contributed by atoms with Crippen molar-refractivity contribution < 1.29 is 15.0 Å². The zero-order valence-electron chi connectivity index (χ0n) is 9.22. The molecule has 0 radical (unpaired) electrons. The standard InChI is InChI=1S/C12H12BrNO3/c1-12(17,11(15)16)7-14-5-4-8-6-9(13)2-3-10(8)14/h2-6,17H,7H2,1H3,(H,15,16). The first kappa shape index (κ1) is 12.1. The zero-order valence-corrected chi connectivity index (χ0v) is 10.8. The number of aliphatic hydroxyl groups is 1. The van der Waals surface area contributed by atoms with Crippen molar-refractivity contribution in [1.29, 1.82) is 0 Å². The lowest BCUT2D eigenvalue weighted by molar-refractivity contribution is -0.157. The molecule has 0 saturated carbocycles. The molecule has 0 amide bonds.